The number of nitrogens with zero attached hydrogens (tertiary/aromatic N) is 5. The van der Waals surface area contributed by atoms with E-state index in [9.17, 15) is 4.39 Å². The van der Waals surface area contributed by atoms with E-state index >= 15 is 0 Å². The van der Waals surface area contributed by atoms with Crippen molar-refractivity contribution in [3.05, 3.63) is 66.0 Å². The molecule has 1 saturated heterocycles. The van der Waals surface area contributed by atoms with E-state index in [0.717, 1.165) is 29.2 Å². The number of hydrogen-bond acceptors (Lipinski definition) is 5. The van der Waals surface area contributed by atoms with Gasteiger partial charge in [-0.15, -0.1) is 0 Å². The Labute approximate surface area is 144 Å². The second-order valence-corrected chi connectivity index (χ2v) is 6.05. The Bertz CT molecular complexity index is 921. The molecule has 2 aromatic heterocycles. The first-order valence-corrected chi connectivity index (χ1v) is 8.10. The second-order valence-electron chi connectivity index (χ2n) is 6.05. The topological polar surface area (TPSA) is 55.5 Å². The highest BCUT2D eigenvalue weighted by Crippen LogP contribution is 2.27. The van der Waals surface area contributed by atoms with Crippen LogP contribution >= 0.6 is 0 Å². The molecule has 4 rings (SSSR count). The van der Waals surface area contributed by atoms with E-state index in [1.807, 2.05) is 13.0 Å². The summed E-state index contributed by atoms with van der Waals surface area (Å²) in [5.74, 6) is 0.310. The fourth-order valence-electron chi connectivity index (χ4n) is 3.09. The number of halogens is 1. The molecule has 0 N–H and O–H groups in total. The molecule has 0 radical (unpaired) electrons. The molecule has 25 heavy (non-hydrogen) atoms. The van der Waals surface area contributed by atoms with Gasteiger partial charge in [0.25, 0.3) is 5.78 Å². The largest absolute Gasteiger partial charge is 0.368 e. The Balaban J connectivity index is 1.61. The van der Waals surface area contributed by atoms with E-state index in [1.54, 1.807) is 16.6 Å². The third-order valence-electron chi connectivity index (χ3n) is 4.36. The maximum atomic E-state index is 13.1. The first-order chi connectivity index (χ1) is 12.1. The Morgan fingerprint density at radius 2 is 2.12 bits per heavy atom. The van der Waals surface area contributed by atoms with Gasteiger partial charge in [0, 0.05) is 24.5 Å². The molecule has 128 valence electrons. The number of fused-ring (bicyclic) bond motifs is 1. The van der Waals surface area contributed by atoms with Gasteiger partial charge < -0.3 is 9.64 Å². The van der Waals surface area contributed by atoms with Crippen molar-refractivity contribution >= 4 is 11.5 Å². The van der Waals surface area contributed by atoms with Gasteiger partial charge >= 0.3 is 0 Å². The normalized spacial score (nSPS) is 17.8. The van der Waals surface area contributed by atoms with E-state index in [-0.39, 0.29) is 11.9 Å². The molecule has 0 saturated carbocycles. The van der Waals surface area contributed by atoms with Crippen LogP contribution in [0.5, 0.6) is 0 Å². The van der Waals surface area contributed by atoms with Crippen LogP contribution in [0.2, 0.25) is 0 Å². The van der Waals surface area contributed by atoms with Gasteiger partial charge in [-0.1, -0.05) is 18.7 Å². The van der Waals surface area contributed by atoms with E-state index in [2.05, 4.69) is 26.5 Å². The van der Waals surface area contributed by atoms with Crippen molar-refractivity contribution in [3.63, 3.8) is 0 Å². The Morgan fingerprint density at radius 3 is 2.92 bits per heavy atom. The molecule has 0 spiro atoms. The third-order valence-corrected chi connectivity index (χ3v) is 4.36. The van der Waals surface area contributed by atoms with Crippen molar-refractivity contribution in [1.82, 2.24) is 24.5 Å². The van der Waals surface area contributed by atoms with Crippen LogP contribution < -0.4 is 0 Å². The van der Waals surface area contributed by atoms with Crippen molar-refractivity contribution in [2.24, 2.45) is 0 Å². The highest BCUT2D eigenvalue weighted by molar-refractivity contribution is 5.61. The van der Waals surface area contributed by atoms with Crippen molar-refractivity contribution in [2.45, 2.75) is 13.0 Å². The number of morpholine rings is 1. The molecule has 1 atom stereocenters. The van der Waals surface area contributed by atoms with Gasteiger partial charge in [0.1, 0.15) is 18.2 Å². The third kappa shape index (κ3) is 2.98. The smallest absolute Gasteiger partial charge is 0.252 e. The van der Waals surface area contributed by atoms with Crippen molar-refractivity contribution in [1.29, 1.82) is 0 Å². The zero-order valence-corrected chi connectivity index (χ0v) is 13.9. The van der Waals surface area contributed by atoms with Crippen LogP contribution in [0.3, 0.4) is 0 Å². The zero-order chi connectivity index (χ0) is 17.4. The highest BCUT2D eigenvalue weighted by atomic mass is 19.1. The fourth-order valence-corrected chi connectivity index (χ4v) is 3.09. The number of benzene rings is 1. The summed E-state index contributed by atoms with van der Waals surface area (Å²) in [6, 6.07) is 8.35. The summed E-state index contributed by atoms with van der Waals surface area (Å²) >= 11 is 0. The van der Waals surface area contributed by atoms with Gasteiger partial charge in [0.15, 0.2) is 0 Å². The summed E-state index contributed by atoms with van der Waals surface area (Å²) in [5.41, 5.74) is 3.54. The van der Waals surface area contributed by atoms with Crippen molar-refractivity contribution in [3.8, 4) is 0 Å². The molecule has 0 bridgehead atoms. The van der Waals surface area contributed by atoms with Crippen molar-refractivity contribution < 1.29 is 9.13 Å². The molecule has 1 fully saturated rings. The van der Waals surface area contributed by atoms with Crippen LogP contribution in [0.15, 0.2) is 43.2 Å². The van der Waals surface area contributed by atoms with Crippen LogP contribution in [0, 0.1) is 12.7 Å². The molecule has 6 nitrogen and oxygen atoms in total. The van der Waals surface area contributed by atoms with Gasteiger partial charge in [-0.05, 0) is 30.7 Å². The number of rotatable bonds is 3. The van der Waals surface area contributed by atoms with Gasteiger partial charge in [-0.25, -0.2) is 9.37 Å². The summed E-state index contributed by atoms with van der Waals surface area (Å²) in [4.78, 5) is 10.7. The number of aryl methyl sites for hydroxylation is 1. The Kier molecular flexibility index (Phi) is 3.93. The summed E-state index contributed by atoms with van der Waals surface area (Å²) in [7, 11) is 0. The predicted octanol–water partition coefficient (Wildman–Crippen LogP) is 2.62. The summed E-state index contributed by atoms with van der Waals surface area (Å²) < 4.78 is 20.8. The van der Waals surface area contributed by atoms with Gasteiger partial charge in [-0.3, -0.25) is 0 Å². The Morgan fingerprint density at radius 1 is 1.32 bits per heavy atom. The SMILES string of the molecule is C=C(c1ccc(F)cc1)N1CCOC(c2cc(C)nc3ncnn23)C1. The lowest BCUT2D eigenvalue weighted by Crippen LogP contribution is -2.37. The minimum absolute atomic E-state index is 0.170. The summed E-state index contributed by atoms with van der Waals surface area (Å²) in [6.45, 7) is 8.04. The van der Waals surface area contributed by atoms with E-state index in [4.69, 9.17) is 4.74 Å². The maximum absolute atomic E-state index is 13.1. The lowest BCUT2D eigenvalue weighted by Gasteiger charge is -2.35. The minimum atomic E-state index is -0.253. The molecule has 3 heterocycles. The molecule has 3 aromatic rings. The van der Waals surface area contributed by atoms with Gasteiger partial charge in [-0.2, -0.15) is 14.6 Å². The molecule has 0 amide bonds. The quantitative estimate of drug-likeness (QED) is 0.734. The van der Waals surface area contributed by atoms with E-state index in [1.165, 1.54) is 18.5 Å². The molecular formula is C18H18FN5O. The molecule has 1 aromatic carbocycles. The van der Waals surface area contributed by atoms with Gasteiger partial charge in [0.2, 0.25) is 0 Å². The standard InChI is InChI=1S/C18H18FN5O/c1-12-9-16(24-18(22-12)20-11-21-24)17-10-23(7-8-25-17)13(2)14-3-5-15(19)6-4-14/h3-6,9,11,17H,2,7-8,10H2,1H3. The highest BCUT2D eigenvalue weighted by Gasteiger charge is 2.26. The van der Waals surface area contributed by atoms with Crippen molar-refractivity contribution in [2.75, 3.05) is 19.7 Å². The van der Waals surface area contributed by atoms with Crippen LogP contribution in [0.25, 0.3) is 11.5 Å². The van der Waals surface area contributed by atoms with Crippen LogP contribution in [-0.2, 0) is 4.74 Å². The molecule has 1 aliphatic heterocycles. The average Bonchev–Trinajstić information content (AvgIpc) is 3.09. The van der Waals surface area contributed by atoms with E-state index in [0.29, 0.717) is 18.9 Å². The van der Waals surface area contributed by atoms with E-state index < -0.39 is 0 Å². The summed E-state index contributed by atoms with van der Waals surface area (Å²) in [6.07, 6.45) is 1.32. The second kappa shape index (κ2) is 6.25. The predicted molar refractivity (Wildman–Crippen MR) is 91.2 cm³/mol. The monoisotopic (exact) mass is 339 g/mol. The molecule has 7 heteroatoms. The Hall–Kier alpha value is -2.80. The lowest BCUT2D eigenvalue weighted by atomic mass is 10.1. The summed E-state index contributed by atoms with van der Waals surface area (Å²) in [5, 5.41) is 4.25. The van der Waals surface area contributed by atoms with Crippen LogP contribution in [-0.4, -0.2) is 44.2 Å². The molecule has 1 unspecified atom stereocenters. The fraction of sp³-hybridized carbons (Fsp3) is 0.278. The molecule has 1 aliphatic rings. The lowest BCUT2D eigenvalue weighted by molar-refractivity contribution is -0.0136. The van der Waals surface area contributed by atoms with Crippen LogP contribution in [0.1, 0.15) is 23.1 Å². The number of aromatic nitrogens is 4. The minimum Gasteiger partial charge on any atom is -0.368 e. The first-order valence-electron chi connectivity index (χ1n) is 8.10. The van der Waals surface area contributed by atoms with Crippen LogP contribution in [0.4, 0.5) is 4.39 Å². The molecular weight excluding hydrogens is 321 g/mol. The molecule has 0 aliphatic carbocycles. The maximum Gasteiger partial charge on any atom is 0.252 e. The first kappa shape index (κ1) is 15.7. The number of ether oxygens (including phenoxy) is 1. The average molecular weight is 339 g/mol. The zero-order valence-electron chi connectivity index (χ0n) is 13.9. The number of hydrogen-bond donors (Lipinski definition) is 0. The van der Waals surface area contributed by atoms with Gasteiger partial charge in [0.05, 0.1) is 12.3 Å².